The summed E-state index contributed by atoms with van der Waals surface area (Å²) in [5.41, 5.74) is 0. The van der Waals surface area contributed by atoms with E-state index in [-0.39, 0.29) is 36.1 Å². The van der Waals surface area contributed by atoms with Gasteiger partial charge in [-0.1, -0.05) is 29.5 Å². The van der Waals surface area contributed by atoms with Crippen molar-refractivity contribution in [3.05, 3.63) is 35.3 Å². The first kappa shape index (κ1) is 20.3. The monoisotopic (exact) mass is 425 g/mol. The number of aromatic nitrogens is 2. The third kappa shape index (κ3) is 4.52. The number of nitrogens with zero attached hydrogens (tertiary/aromatic N) is 3. The van der Waals surface area contributed by atoms with Crippen molar-refractivity contribution < 1.29 is 22.7 Å². The van der Waals surface area contributed by atoms with Crippen LogP contribution in [0.5, 0.6) is 0 Å². The van der Waals surface area contributed by atoms with Gasteiger partial charge in [0.2, 0.25) is 27.0 Å². The molecule has 1 unspecified atom stereocenters. The number of anilines is 1. The van der Waals surface area contributed by atoms with E-state index in [1.165, 1.54) is 19.2 Å². The first-order chi connectivity index (χ1) is 13.4. The fourth-order valence-electron chi connectivity index (χ4n) is 2.74. The van der Waals surface area contributed by atoms with E-state index < -0.39 is 27.9 Å². The molecule has 0 bridgehead atoms. The molecular formula is C16H19N5O5S2. The smallest absolute Gasteiger partial charge is 0.243 e. The maximum Gasteiger partial charge on any atom is 0.243 e. The van der Waals surface area contributed by atoms with Gasteiger partial charge in [-0.2, -0.15) is 4.31 Å². The largest absolute Gasteiger partial charge is 0.377 e. The summed E-state index contributed by atoms with van der Waals surface area (Å²) in [6.45, 7) is 0.527. The number of carbonyl (C=O) groups excluding carboxylic acids is 2. The zero-order chi connectivity index (χ0) is 20.1. The van der Waals surface area contributed by atoms with Crippen molar-refractivity contribution in [2.45, 2.75) is 24.0 Å². The molecule has 0 spiro atoms. The molecule has 1 aromatic heterocycles. The average molecular weight is 425 g/mol. The van der Waals surface area contributed by atoms with E-state index in [0.717, 1.165) is 15.6 Å². The number of methoxy groups -OCH3 is 1. The second-order valence-electron chi connectivity index (χ2n) is 5.92. The van der Waals surface area contributed by atoms with Gasteiger partial charge in [0.05, 0.1) is 11.3 Å². The second-order valence-corrected chi connectivity index (χ2v) is 8.87. The van der Waals surface area contributed by atoms with Gasteiger partial charge in [-0.05, 0) is 12.1 Å². The molecule has 0 aliphatic carbocycles. The Morgan fingerprint density at radius 3 is 2.82 bits per heavy atom. The molecule has 150 valence electrons. The van der Waals surface area contributed by atoms with E-state index in [9.17, 15) is 18.0 Å². The zero-order valence-corrected chi connectivity index (χ0v) is 16.6. The van der Waals surface area contributed by atoms with Gasteiger partial charge in [0.25, 0.3) is 0 Å². The summed E-state index contributed by atoms with van der Waals surface area (Å²) in [6.07, 6.45) is -0.336. The lowest BCUT2D eigenvalue weighted by molar-refractivity contribution is -0.130. The van der Waals surface area contributed by atoms with E-state index in [4.69, 9.17) is 4.74 Å². The lowest BCUT2D eigenvalue weighted by Crippen LogP contribution is -2.57. The summed E-state index contributed by atoms with van der Waals surface area (Å²) in [6, 6.07) is 6.67. The maximum atomic E-state index is 12.9. The molecule has 2 N–H and O–H groups in total. The Bertz CT molecular complexity index is 947. The van der Waals surface area contributed by atoms with E-state index in [1.54, 1.807) is 18.2 Å². The number of hydrogen-bond donors (Lipinski definition) is 2. The molecule has 0 saturated carbocycles. The van der Waals surface area contributed by atoms with Gasteiger partial charge in [-0.15, -0.1) is 10.2 Å². The van der Waals surface area contributed by atoms with Gasteiger partial charge in [0, 0.05) is 20.2 Å². The van der Waals surface area contributed by atoms with Gasteiger partial charge < -0.3 is 15.4 Å². The molecule has 12 heteroatoms. The minimum Gasteiger partial charge on any atom is -0.377 e. The molecule has 2 heterocycles. The van der Waals surface area contributed by atoms with Gasteiger partial charge in [-0.25, -0.2) is 8.42 Å². The Balaban J connectivity index is 1.75. The number of hydrogen-bond acceptors (Lipinski definition) is 8. The highest BCUT2D eigenvalue weighted by Gasteiger charge is 2.39. The van der Waals surface area contributed by atoms with Crippen LogP contribution in [0.15, 0.2) is 35.2 Å². The number of carbonyl (C=O) groups is 2. The minimum atomic E-state index is -3.92. The number of nitrogens with one attached hydrogen (secondary N) is 2. The molecule has 1 atom stereocenters. The Hall–Kier alpha value is -2.41. The second kappa shape index (κ2) is 8.73. The highest BCUT2D eigenvalue weighted by Crippen LogP contribution is 2.22. The molecule has 3 rings (SSSR count). The maximum absolute atomic E-state index is 12.9. The lowest BCUT2D eigenvalue weighted by atomic mass is 10.1. The Labute approximate surface area is 166 Å². The molecule has 1 fully saturated rings. The first-order valence-corrected chi connectivity index (χ1v) is 10.6. The number of benzene rings is 1. The van der Waals surface area contributed by atoms with Gasteiger partial charge in [0.15, 0.2) is 0 Å². The molecular weight excluding hydrogens is 406 g/mol. The van der Waals surface area contributed by atoms with Crippen LogP contribution in [0.3, 0.4) is 0 Å². The number of piperazine rings is 1. The summed E-state index contributed by atoms with van der Waals surface area (Å²) < 4.78 is 31.9. The molecule has 0 radical (unpaired) electrons. The van der Waals surface area contributed by atoms with E-state index >= 15 is 0 Å². The minimum absolute atomic E-state index is 0.0726. The molecule has 2 amide bonds. The highest BCUT2D eigenvalue weighted by molar-refractivity contribution is 7.89. The fourth-order valence-corrected chi connectivity index (χ4v) is 5.07. The number of rotatable bonds is 7. The van der Waals surface area contributed by atoms with Crippen LogP contribution in [0.4, 0.5) is 5.13 Å². The number of sulfonamides is 1. The molecule has 1 aliphatic rings. The molecule has 10 nitrogen and oxygen atoms in total. The van der Waals surface area contributed by atoms with Crippen molar-refractivity contribution in [2.24, 2.45) is 0 Å². The fraction of sp³-hybridized carbons (Fsp3) is 0.375. The van der Waals surface area contributed by atoms with Crippen LogP contribution in [0.2, 0.25) is 0 Å². The summed E-state index contributed by atoms with van der Waals surface area (Å²) in [5.74, 6) is -1.05. The highest BCUT2D eigenvalue weighted by atomic mass is 32.2. The van der Waals surface area contributed by atoms with Crippen molar-refractivity contribution in [1.29, 1.82) is 0 Å². The Morgan fingerprint density at radius 2 is 2.11 bits per heavy atom. The molecule has 28 heavy (non-hydrogen) atoms. The summed E-state index contributed by atoms with van der Waals surface area (Å²) in [4.78, 5) is 24.8. The Morgan fingerprint density at radius 1 is 1.36 bits per heavy atom. The summed E-state index contributed by atoms with van der Waals surface area (Å²) in [5, 5.41) is 13.7. The van der Waals surface area contributed by atoms with Crippen LogP contribution in [0, 0.1) is 0 Å². The van der Waals surface area contributed by atoms with E-state index in [2.05, 4.69) is 20.8 Å². The van der Waals surface area contributed by atoms with Crippen LogP contribution >= 0.6 is 11.3 Å². The SMILES string of the molecule is COCc1nnc(NC(=O)CC2C(=O)NCCN2S(=O)(=O)c2ccccc2)s1. The van der Waals surface area contributed by atoms with Crippen molar-refractivity contribution in [3.63, 3.8) is 0 Å². The zero-order valence-electron chi connectivity index (χ0n) is 15.0. The number of amides is 2. The molecule has 2 aromatic rings. The van der Waals surface area contributed by atoms with Crippen LogP contribution < -0.4 is 10.6 Å². The normalized spacial score (nSPS) is 17.9. The van der Waals surface area contributed by atoms with Crippen LogP contribution in [0.25, 0.3) is 0 Å². The third-order valence-corrected chi connectivity index (χ3v) is 6.73. The molecule has 1 saturated heterocycles. The van der Waals surface area contributed by atoms with Gasteiger partial charge in [-0.3, -0.25) is 9.59 Å². The van der Waals surface area contributed by atoms with E-state index in [0.29, 0.717) is 5.01 Å². The predicted octanol–water partition coefficient (Wildman–Crippen LogP) is 0.202. The standard InChI is InChI=1S/C16H19N5O5S2/c1-26-10-14-19-20-16(27-14)18-13(22)9-12-15(23)17-7-8-21(12)28(24,25)11-5-3-2-4-6-11/h2-6,12H,7-10H2,1H3,(H,17,23)(H,18,20,22). The number of ether oxygens (including phenoxy) is 1. The van der Waals surface area contributed by atoms with Crippen molar-refractivity contribution >= 4 is 38.3 Å². The topological polar surface area (TPSA) is 131 Å². The van der Waals surface area contributed by atoms with E-state index in [1.807, 2.05) is 0 Å². The van der Waals surface area contributed by atoms with Crippen LogP contribution in [0.1, 0.15) is 11.4 Å². The summed E-state index contributed by atoms with van der Waals surface area (Å²) in [7, 11) is -2.40. The Kier molecular flexibility index (Phi) is 6.34. The quantitative estimate of drug-likeness (QED) is 0.648. The molecule has 1 aromatic carbocycles. The molecule has 1 aliphatic heterocycles. The first-order valence-electron chi connectivity index (χ1n) is 8.37. The van der Waals surface area contributed by atoms with Gasteiger partial charge in [0.1, 0.15) is 17.7 Å². The third-order valence-electron chi connectivity index (χ3n) is 3.99. The average Bonchev–Trinajstić information content (AvgIpc) is 3.11. The lowest BCUT2D eigenvalue weighted by Gasteiger charge is -2.33. The van der Waals surface area contributed by atoms with Crippen molar-refractivity contribution in [2.75, 3.05) is 25.5 Å². The van der Waals surface area contributed by atoms with Crippen LogP contribution in [-0.2, 0) is 31.0 Å². The summed E-state index contributed by atoms with van der Waals surface area (Å²) >= 11 is 1.14. The van der Waals surface area contributed by atoms with Crippen molar-refractivity contribution in [1.82, 2.24) is 19.8 Å². The van der Waals surface area contributed by atoms with Crippen molar-refractivity contribution in [3.8, 4) is 0 Å². The predicted molar refractivity (Wildman–Crippen MR) is 101 cm³/mol. The van der Waals surface area contributed by atoms with Gasteiger partial charge >= 0.3 is 0 Å². The van der Waals surface area contributed by atoms with Crippen LogP contribution in [-0.4, -0.2) is 61.0 Å².